The summed E-state index contributed by atoms with van der Waals surface area (Å²) in [6, 6.07) is 4.00. The van der Waals surface area contributed by atoms with Crippen LogP contribution in [0.25, 0.3) is 0 Å². The summed E-state index contributed by atoms with van der Waals surface area (Å²) >= 11 is -1.43. The lowest BCUT2D eigenvalue weighted by molar-refractivity contribution is 0.252. The zero-order valence-electron chi connectivity index (χ0n) is 8.88. The highest BCUT2D eigenvalue weighted by Gasteiger charge is 2.11. The van der Waals surface area contributed by atoms with Gasteiger partial charge in [0.2, 0.25) is 11.1 Å². The molecule has 0 bridgehead atoms. The quantitative estimate of drug-likeness (QED) is 0.778. The first-order chi connectivity index (χ1) is 6.56. The van der Waals surface area contributed by atoms with E-state index in [9.17, 15) is 4.21 Å². The summed E-state index contributed by atoms with van der Waals surface area (Å²) in [6.45, 7) is 5.89. The topological polar surface area (TPSA) is 38.3 Å². The van der Waals surface area contributed by atoms with E-state index in [0.29, 0.717) is 0 Å². The summed E-state index contributed by atoms with van der Waals surface area (Å²) in [4.78, 5) is 0.755. The van der Waals surface area contributed by atoms with Gasteiger partial charge < -0.3 is 0 Å². The Morgan fingerprint density at radius 2 is 1.71 bits per heavy atom. The standard InChI is InChI=1S/C10H15NO2S/c1-7-5-8(2)10(9(3)6-7)14(12)13-11-4/h5-6,11H,1-4H3. The normalized spacial score (nSPS) is 12.9. The average molecular weight is 213 g/mol. The van der Waals surface area contributed by atoms with Crippen LogP contribution in [-0.4, -0.2) is 11.3 Å². The van der Waals surface area contributed by atoms with E-state index in [1.54, 1.807) is 7.05 Å². The van der Waals surface area contributed by atoms with Crippen molar-refractivity contribution >= 4 is 11.1 Å². The third kappa shape index (κ3) is 2.41. The maximum Gasteiger partial charge on any atom is 0.207 e. The minimum Gasteiger partial charge on any atom is -0.223 e. The lowest BCUT2D eigenvalue weighted by Gasteiger charge is -2.09. The van der Waals surface area contributed by atoms with Crippen LogP contribution in [0.2, 0.25) is 0 Å². The molecule has 0 spiro atoms. The van der Waals surface area contributed by atoms with Crippen LogP contribution in [0.4, 0.5) is 0 Å². The van der Waals surface area contributed by atoms with Crippen LogP contribution in [0, 0.1) is 20.8 Å². The summed E-state index contributed by atoms with van der Waals surface area (Å²) in [5.41, 5.74) is 5.60. The highest BCUT2D eigenvalue weighted by Crippen LogP contribution is 2.20. The molecule has 1 aromatic carbocycles. The number of hydrogen-bond donors (Lipinski definition) is 1. The fourth-order valence-corrected chi connectivity index (χ4v) is 2.43. The van der Waals surface area contributed by atoms with Crippen molar-refractivity contribution in [3.63, 3.8) is 0 Å². The first-order valence-electron chi connectivity index (χ1n) is 4.40. The van der Waals surface area contributed by atoms with E-state index in [4.69, 9.17) is 4.28 Å². The smallest absolute Gasteiger partial charge is 0.207 e. The minimum atomic E-state index is -1.43. The van der Waals surface area contributed by atoms with Crippen molar-refractivity contribution < 1.29 is 8.49 Å². The number of nitrogens with one attached hydrogen (secondary N) is 1. The minimum absolute atomic E-state index is 0.755. The van der Waals surface area contributed by atoms with Crippen molar-refractivity contribution in [1.29, 1.82) is 0 Å². The van der Waals surface area contributed by atoms with E-state index >= 15 is 0 Å². The van der Waals surface area contributed by atoms with Gasteiger partial charge in [0, 0.05) is 7.05 Å². The predicted octanol–water partition coefficient (Wildman–Crippen LogP) is 1.79. The second-order valence-corrected chi connectivity index (χ2v) is 4.29. The SMILES string of the molecule is CNOS(=O)c1c(C)cc(C)cc1C. The Hall–Kier alpha value is -0.710. The van der Waals surface area contributed by atoms with Crippen LogP contribution < -0.4 is 5.48 Å². The Morgan fingerprint density at radius 3 is 2.14 bits per heavy atom. The Kier molecular flexibility index (Phi) is 3.80. The van der Waals surface area contributed by atoms with Crippen LogP contribution in [0.1, 0.15) is 16.7 Å². The second kappa shape index (κ2) is 4.68. The fourth-order valence-electron chi connectivity index (χ4n) is 1.55. The summed E-state index contributed by atoms with van der Waals surface area (Å²) in [5.74, 6) is 0. The van der Waals surface area contributed by atoms with Crippen LogP contribution in [0.15, 0.2) is 17.0 Å². The molecule has 0 aromatic heterocycles. The van der Waals surface area contributed by atoms with Crippen molar-refractivity contribution in [3.05, 3.63) is 28.8 Å². The van der Waals surface area contributed by atoms with E-state index < -0.39 is 11.1 Å². The summed E-state index contributed by atoms with van der Waals surface area (Å²) in [6.07, 6.45) is 0. The van der Waals surface area contributed by atoms with Gasteiger partial charge in [-0.25, -0.2) is 4.21 Å². The Morgan fingerprint density at radius 1 is 1.21 bits per heavy atom. The molecule has 0 radical (unpaired) electrons. The summed E-state index contributed by atoms with van der Waals surface area (Å²) in [5, 5.41) is 0. The highest BCUT2D eigenvalue weighted by atomic mass is 32.2. The van der Waals surface area contributed by atoms with Gasteiger partial charge in [-0.2, -0.15) is 9.76 Å². The van der Waals surface area contributed by atoms with Gasteiger partial charge in [-0.15, -0.1) is 0 Å². The molecule has 0 saturated heterocycles. The molecule has 0 fully saturated rings. The molecule has 1 N–H and O–H groups in total. The Balaban J connectivity index is 3.14. The number of benzene rings is 1. The molecule has 1 unspecified atom stereocenters. The van der Waals surface area contributed by atoms with E-state index in [-0.39, 0.29) is 0 Å². The Bertz CT molecular complexity index is 340. The first-order valence-corrected chi connectivity index (χ1v) is 5.47. The van der Waals surface area contributed by atoms with Gasteiger partial charge in [-0.3, -0.25) is 0 Å². The lowest BCUT2D eigenvalue weighted by Crippen LogP contribution is -2.12. The van der Waals surface area contributed by atoms with Crippen LogP contribution in [0.5, 0.6) is 0 Å². The van der Waals surface area contributed by atoms with Crippen LogP contribution in [0.3, 0.4) is 0 Å². The molecule has 0 saturated carbocycles. The van der Waals surface area contributed by atoms with Gasteiger partial charge in [0.05, 0.1) is 4.90 Å². The lowest BCUT2D eigenvalue weighted by atomic mass is 10.1. The van der Waals surface area contributed by atoms with Gasteiger partial charge in [0.1, 0.15) is 0 Å². The maximum atomic E-state index is 11.6. The van der Waals surface area contributed by atoms with Gasteiger partial charge in [0.15, 0.2) is 0 Å². The molecule has 0 aliphatic heterocycles. The molecule has 4 heteroatoms. The average Bonchev–Trinajstić information content (AvgIpc) is 2.01. The van der Waals surface area contributed by atoms with Crippen molar-refractivity contribution in [2.24, 2.45) is 0 Å². The third-order valence-electron chi connectivity index (χ3n) is 1.93. The molecule has 1 aromatic rings. The maximum absolute atomic E-state index is 11.6. The fraction of sp³-hybridized carbons (Fsp3) is 0.400. The molecule has 1 atom stereocenters. The number of aryl methyl sites for hydroxylation is 3. The zero-order chi connectivity index (χ0) is 10.7. The van der Waals surface area contributed by atoms with Crippen molar-refractivity contribution in [3.8, 4) is 0 Å². The van der Waals surface area contributed by atoms with E-state index in [0.717, 1.165) is 16.0 Å². The monoisotopic (exact) mass is 213 g/mol. The molecule has 1 rings (SSSR count). The zero-order valence-corrected chi connectivity index (χ0v) is 9.70. The van der Waals surface area contributed by atoms with Crippen LogP contribution in [-0.2, 0) is 15.4 Å². The summed E-state index contributed by atoms with van der Waals surface area (Å²) < 4.78 is 16.5. The first kappa shape index (κ1) is 11.4. The molecular formula is C10H15NO2S. The van der Waals surface area contributed by atoms with E-state index in [1.165, 1.54) is 5.56 Å². The molecule has 3 nitrogen and oxygen atoms in total. The van der Waals surface area contributed by atoms with Crippen molar-refractivity contribution in [1.82, 2.24) is 5.48 Å². The highest BCUT2D eigenvalue weighted by molar-refractivity contribution is 7.80. The van der Waals surface area contributed by atoms with E-state index in [1.807, 2.05) is 32.9 Å². The number of hydrogen-bond acceptors (Lipinski definition) is 3. The van der Waals surface area contributed by atoms with Crippen molar-refractivity contribution in [2.75, 3.05) is 7.05 Å². The largest absolute Gasteiger partial charge is 0.223 e. The van der Waals surface area contributed by atoms with Crippen LogP contribution >= 0.6 is 0 Å². The van der Waals surface area contributed by atoms with Gasteiger partial charge in [-0.05, 0) is 31.9 Å². The predicted molar refractivity (Wildman–Crippen MR) is 57.2 cm³/mol. The van der Waals surface area contributed by atoms with Gasteiger partial charge in [0.25, 0.3) is 0 Å². The second-order valence-electron chi connectivity index (χ2n) is 3.25. The molecule has 14 heavy (non-hydrogen) atoms. The molecule has 0 aliphatic rings. The van der Waals surface area contributed by atoms with Crippen molar-refractivity contribution in [2.45, 2.75) is 25.7 Å². The number of rotatable bonds is 3. The molecule has 0 aliphatic carbocycles. The molecule has 0 amide bonds. The molecular weight excluding hydrogens is 198 g/mol. The van der Waals surface area contributed by atoms with Gasteiger partial charge >= 0.3 is 0 Å². The molecule has 78 valence electrons. The number of hydroxylamine groups is 1. The third-order valence-corrected chi connectivity index (χ3v) is 3.23. The van der Waals surface area contributed by atoms with Gasteiger partial charge in [-0.1, -0.05) is 17.7 Å². The van der Waals surface area contributed by atoms with E-state index in [2.05, 4.69) is 5.48 Å². The summed E-state index contributed by atoms with van der Waals surface area (Å²) in [7, 11) is 1.59. The molecule has 0 heterocycles. The Labute approximate surface area is 87.1 Å².